The van der Waals surface area contributed by atoms with Gasteiger partial charge in [-0.1, -0.05) is 13.0 Å². The van der Waals surface area contributed by atoms with E-state index in [0.29, 0.717) is 12.2 Å². The summed E-state index contributed by atoms with van der Waals surface area (Å²) in [7, 11) is 0. The van der Waals surface area contributed by atoms with Crippen molar-refractivity contribution in [1.29, 1.82) is 0 Å². The number of rotatable bonds is 5. The second kappa shape index (κ2) is 6.21. The molecule has 0 radical (unpaired) electrons. The van der Waals surface area contributed by atoms with Crippen LogP contribution in [0.2, 0.25) is 0 Å². The number of carbonyl (C=O) groups excluding carboxylic acids is 1. The molecule has 0 bridgehead atoms. The van der Waals surface area contributed by atoms with Gasteiger partial charge in [0.25, 0.3) is 5.91 Å². The predicted molar refractivity (Wildman–Crippen MR) is 80.5 cm³/mol. The molecule has 3 heterocycles. The van der Waals surface area contributed by atoms with E-state index < -0.39 is 0 Å². The highest BCUT2D eigenvalue weighted by Crippen LogP contribution is 2.11. The molecule has 1 amide bonds. The summed E-state index contributed by atoms with van der Waals surface area (Å²) in [6.45, 7) is 2.37. The third kappa shape index (κ3) is 2.88. The van der Waals surface area contributed by atoms with Gasteiger partial charge in [0.15, 0.2) is 0 Å². The van der Waals surface area contributed by atoms with Crippen molar-refractivity contribution in [3.8, 4) is 5.82 Å². The van der Waals surface area contributed by atoms with E-state index in [9.17, 15) is 4.79 Å². The molecule has 7 nitrogen and oxygen atoms in total. The van der Waals surface area contributed by atoms with Crippen LogP contribution in [-0.2, 0) is 13.0 Å². The highest BCUT2D eigenvalue weighted by Gasteiger charge is 2.11. The minimum atomic E-state index is -0.212. The van der Waals surface area contributed by atoms with Crippen molar-refractivity contribution in [2.75, 3.05) is 0 Å². The van der Waals surface area contributed by atoms with Crippen LogP contribution in [0.15, 0.2) is 43.1 Å². The van der Waals surface area contributed by atoms with Crippen LogP contribution in [0.4, 0.5) is 0 Å². The Labute approximate surface area is 127 Å². The number of pyridine rings is 1. The summed E-state index contributed by atoms with van der Waals surface area (Å²) in [6.07, 6.45) is 7.70. The molecule has 0 aliphatic heterocycles. The topological polar surface area (TPSA) is 88.5 Å². The largest absolute Gasteiger partial charge is 0.346 e. The van der Waals surface area contributed by atoms with Gasteiger partial charge in [0, 0.05) is 36.4 Å². The summed E-state index contributed by atoms with van der Waals surface area (Å²) in [5.74, 6) is 0.535. The Morgan fingerprint density at radius 1 is 1.41 bits per heavy atom. The SMILES string of the molecule is CCc1cc(C(=O)NCc2cccnc2-n2ccnc2)n[nH]1. The van der Waals surface area contributed by atoms with Crippen molar-refractivity contribution in [3.63, 3.8) is 0 Å². The first-order valence-electron chi connectivity index (χ1n) is 7.02. The molecule has 2 N–H and O–H groups in total. The van der Waals surface area contributed by atoms with Crippen molar-refractivity contribution in [1.82, 2.24) is 30.0 Å². The summed E-state index contributed by atoms with van der Waals surface area (Å²) in [5, 5.41) is 9.70. The molecule has 0 saturated carbocycles. The maximum atomic E-state index is 12.1. The molecule has 0 fully saturated rings. The Kier molecular flexibility index (Phi) is 3.95. The minimum Gasteiger partial charge on any atom is -0.346 e. The van der Waals surface area contributed by atoms with Gasteiger partial charge in [-0.2, -0.15) is 5.10 Å². The quantitative estimate of drug-likeness (QED) is 0.746. The molecule has 22 heavy (non-hydrogen) atoms. The minimum absolute atomic E-state index is 0.212. The summed E-state index contributed by atoms with van der Waals surface area (Å²) in [4.78, 5) is 20.5. The smallest absolute Gasteiger partial charge is 0.272 e. The zero-order chi connectivity index (χ0) is 15.4. The molecule has 0 aromatic carbocycles. The predicted octanol–water partition coefficient (Wildman–Crippen LogP) is 1.48. The maximum Gasteiger partial charge on any atom is 0.272 e. The van der Waals surface area contributed by atoms with Gasteiger partial charge in [-0.05, 0) is 18.6 Å². The Hall–Kier alpha value is -2.96. The van der Waals surface area contributed by atoms with E-state index in [1.54, 1.807) is 24.8 Å². The molecule has 0 spiro atoms. The Morgan fingerprint density at radius 3 is 3.05 bits per heavy atom. The average molecular weight is 296 g/mol. The van der Waals surface area contributed by atoms with E-state index in [-0.39, 0.29) is 5.91 Å². The molecule has 0 saturated heterocycles. The number of aromatic amines is 1. The summed E-state index contributed by atoms with van der Waals surface area (Å²) in [5.41, 5.74) is 2.23. The van der Waals surface area contributed by atoms with Crippen LogP contribution in [0.1, 0.15) is 28.7 Å². The fraction of sp³-hybridized carbons (Fsp3) is 0.200. The Morgan fingerprint density at radius 2 is 2.32 bits per heavy atom. The van der Waals surface area contributed by atoms with Crippen LogP contribution in [0.25, 0.3) is 5.82 Å². The number of hydrogen-bond acceptors (Lipinski definition) is 4. The van der Waals surface area contributed by atoms with Crippen LogP contribution < -0.4 is 5.32 Å². The molecule has 0 unspecified atom stereocenters. The van der Waals surface area contributed by atoms with Crippen LogP contribution >= 0.6 is 0 Å². The number of carbonyl (C=O) groups is 1. The van der Waals surface area contributed by atoms with E-state index in [0.717, 1.165) is 23.5 Å². The molecule has 0 atom stereocenters. The van der Waals surface area contributed by atoms with Crippen LogP contribution in [0.3, 0.4) is 0 Å². The molecule has 7 heteroatoms. The van der Waals surface area contributed by atoms with E-state index >= 15 is 0 Å². The number of imidazole rings is 1. The van der Waals surface area contributed by atoms with Crippen LogP contribution in [-0.4, -0.2) is 30.6 Å². The molecule has 3 rings (SSSR count). The summed E-state index contributed by atoms with van der Waals surface area (Å²) >= 11 is 0. The van der Waals surface area contributed by atoms with Gasteiger partial charge >= 0.3 is 0 Å². The lowest BCUT2D eigenvalue weighted by Crippen LogP contribution is -2.24. The van der Waals surface area contributed by atoms with Gasteiger partial charge in [-0.3, -0.25) is 14.5 Å². The lowest BCUT2D eigenvalue weighted by molar-refractivity contribution is 0.0946. The van der Waals surface area contributed by atoms with Crippen molar-refractivity contribution in [2.24, 2.45) is 0 Å². The summed E-state index contributed by atoms with van der Waals surface area (Å²) in [6, 6.07) is 5.52. The Balaban J connectivity index is 1.73. The zero-order valence-electron chi connectivity index (χ0n) is 12.2. The van der Waals surface area contributed by atoms with Gasteiger partial charge in [0.2, 0.25) is 0 Å². The highest BCUT2D eigenvalue weighted by atomic mass is 16.1. The van der Waals surface area contributed by atoms with E-state index in [4.69, 9.17) is 0 Å². The van der Waals surface area contributed by atoms with Crippen molar-refractivity contribution >= 4 is 5.91 Å². The second-order valence-electron chi connectivity index (χ2n) is 4.77. The normalized spacial score (nSPS) is 10.6. The lowest BCUT2D eigenvalue weighted by Gasteiger charge is -2.09. The zero-order valence-corrected chi connectivity index (χ0v) is 12.2. The number of aryl methyl sites for hydroxylation is 1. The van der Waals surface area contributed by atoms with E-state index in [1.165, 1.54) is 0 Å². The Bertz CT molecular complexity index is 762. The number of nitrogens with one attached hydrogen (secondary N) is 2. The molecular weight excluding hydrogens is 280 g/mol. The highest BCUT2D eigenvalue weighted by molar-refractivity contribution is 5.92. The number of hydrogen-bond donors (Lipinski definition) is 2. The van der Waals surface area contributed by atoms with E-state index in [1.807, 2.05) is 29.8 Å². The van der Waals surface area contributed by atoms with E-state index in [2.05, 4.69) is 25.5 Å². The first kappa shape index (κ1) is 14.0. The fourth-order valence-electron chi connectivity index (χ4n) is 2.11. The number of aromatic nitrogens is 5. The standard InChI is InChI=1S/C15H16N6O/c1-2-12-8-13(20-19-12)15(22)18-9-11-4-3-5-17-14(11)21-7-6-16-10-21/h3-8,10H,2,9H2,1H3,(H,18,22)(H,19,20). The van der Waals surface area contributed by atoms with Gasteiger partial charge in [0.1, 0.15) is 17.8 Å². The first-order valence-corrected chi connectivity index (χ1v) is 7.02. The van der Waals surface area contributed by atoms with Gasteiger partial charge in [0.05, 0.1) is 0 Å². The molecule has 112 valence electrons. The monoisotopic (exact) mass is 296 g/mol. The lowest BCUT2D eigenvalue weighted by atomic mass is 10.2. The van der Waals surface area contributed by atoms with Crippen LogP contribution in [0.5, 0.6) is 0 Å². The number of amides is 1. The third-order valence-electron chi connectivity index (χ3n) is 3.30. The van der Waals surface area contributed by atoms with Crippen molar-refractivity contribution in [3.05, 3.63) is 60.1 Å². The maximum absolute atomic E-state index is 12.1. The first-order chi connectivity index (χ1) is 10.8. The van der Waals surface area contributed by atoms with Crippen molar-refractivity contribution in [2.45, 2.75) is 19.9 Å². The van der Waals surface area contributed by atoms with Crippen molar-refractivity contribution < 1.29 is 4.79 Å². The average Bonchev–Trinajstić information content (AvgIpc) is 3.24. The van der Waals surface area contributed by atoms with Gasteiger partial charge in [-0.15, -0.1) is 0 Å². The van der Waals surface area contributed by atoms with Crippen LogP contribution in [0, 0.1) is 0 Å². The molecular formula is C15H16N6O. The third-order valence-corrected chi connectivity index (χ3v) is 3.30. The molecule has 3 aromatic rings. The fourth-order valence-corrected chi connectivity index (χ4v) is 2.11. The molecule has 0 aliphatic rings. The van der Waals surface area contributed by atoms with Gasteiger partial charge in [-0.25, -0.2) is 9.97 Å². The summed E-state index contributed by atoms with van der Waals surface area (Å²) < 4.78 is 1.81. The molecule has 3 aromatic heterocycles. The van der Waals surface area contributed by atoms with Gasteiger partial charge < -0.3 is 5.32 Å². The number of nitrogens with zero attached hydrogens (tertiary/aromatic N) is 4. The number of H-pyrrole nitrogens is 1. The molecule has 0 aliphatic carbocycles. The second-order valence-corrected chi connectivity index (χ2v) is 4.77.